The van der Waals surface area contributed by atoms with E-state index in [1.165, 1.54) is 0 Å². The Morgan fingerprint density at radius 1 is 0.945 bits per heavy atom. The third-order valence-corrected chi connectivity index (χ3v) is 15.4. The molecule has 3 heterocycles. The summed E-state index contributed by atoms with van der Waals surface area (Å²) in [6.07, 6.45) is 13.4. The summed E-state index contributed by atoms with van der Waals surface area (Å²) in [5.74, 6) is -1.63. The zero-order valence-corrected chi connectivity index (χ0v) is 32.6. The summed E-state index contributed by atoms with van der Waals surface area (Å²) in [7, 11) is -3.83. The van der Waals surface area contributed by atoms with Gasteiger partial charge in [0.15, 0.2) is 5.78 Å². The zero-order chi connectivity index (χ0) is 38.3. The van der Waals surface area contributed by atoms with Crippen LogP contribution in [-0.4, -0.2) is 71.9 Å². The number of aryl methyl sites for hydroxylation is 1. The van der Waals surface area contributed by atoms with Crippen LogP contribution in [0.4, 0.5) is 0 Å². The predicted octanol–water partition coefficient (Wildman–Crippen LogP) is 6.37. The molecule has 2 aliphatic heterocycles. The van der Waals surface area contributed by atoms with E-state index in [1.807, 2.05) is 30.3 Å². The SMILES string of the molecule is C=C[C@@H]1C[C@]1(CC(=O)[C@@H]1C[C@@H]2CN1C(=O)[C@H](C1CCCC1)CC(=O)OC1CCC[C@H]1CCCCCc1nc3ccccc3cc1O2)C(=O)NS(=O)(=O)C1CC1. The predicted molar refractivity (Wildman–Crippen MR) is 206 cm³/mol. The molecule has 1 saturated heterocycles. The molecule has 4 saturated carbocycles. The van der Waals surface area contributed by atoms with Gasteiger partial charge < -0.3 is 14.4 Å². The molecule has 55 heavy (non-hydrogen) atoms. The average Bonchev–Trinajstić information content (AvgIpc) is 3.95. The van der Waals surface area contributed by atoms with Crippen molar-refractivity contribution in [1.82, 2.24) is 14.6 Å². The molecule has 1 N–H and O–H groups in total. The third kappa shape index (κ3) is 8.07. The van der Waals surface area contributed by atoms with Crippen molar-refractivity contribution in [3.8, 4) is 5.75 Å². The number of fused-ring (bicyclic) bond motifs is 5. The molecule has 1 aromatic heterocycles. The highest BCUT2D eigenvalue weighted by Crippen LogP contribution is 2.57. The minimum Gasteiger partial charge on any atom is -0.487 e. The van der Waals surface area contributed by atoms with E-state index in [9.17, 15) is 27.6 Å². The maximum Gasteiger partial charge on any atom is 0.306 e. The number of nitrogens with one attached hydrogen (secondary N) is 1. The van der Waals surface area contributed by atoms with Crippen molar-refractivity contribution in [3.05, 3.63) is 48.7 Å². The van der Waals surface area contributed by atoms with Crippen LogP contribution < -0.4 is 9.46 Å². The Kier molecular flexibility index (Phi) is 10.8. The van der Waals surface area contributed by atoms with Gasteiger partial charge in [0.05, 0.1) is 46.8 Å². The van der Waals surface area contributed by atoms with Crippen LogP contribution in [0.5, 0.6) is 5.75 Å². The summed E-state index contributed by atoms with van der Waals surface area (Å²) >= 11 is 0. The Bertz CT molecular complexity index is 1940. The highest BCUT2D eigenvalue weighted by molar-refractivity contribution is 7.90. The van der Waals surface area contributed by atoms with Gasteiger partial charge >= 0.3 is 5.97 Å². The Morgan fingerprint density at radius 3 is 2.45 bits per heavy atom. The second-order valence-corrected chi connectivity index (χ2v) is 19.3. The molecule has 7 atom stereocenters. The number of carbonyl (C=O) groups is 4. The standard InChI is InChI=1S/C43H55N3O8S/c1-2-30-24-43(30,42(50)45-55(51,52)32-19-20-32)25-37(47)36-22-31-26-46(36)41(49)33(27-11-6-7-12-27)23-40(48)54-38-18-10-15-28(38)13-4-3-5-17-35-39(53-31)21-29-14-8-9-16-34(29)44-35/h2,8-9,14,16,21,27-28,30-33,36,38H,1,3-7,10-13,15,17-20,22-26H2,(H,45,50)/t28-,30-,31-,33+,36+,38?,43-/m1/s1. The van der Waals surface area contributed by atoms with Gasteiger partial charge in [-0.05, 0) is 101 Å². The molecule has 5 fully saturated rings. The van der Waals surface area contributed by atoms with Crippen LogP contribution >= 0.6 is 0 Å². The van der Waals surface area contributed by atoms with E-state index in [0.717, 1.165) is 93.6 Å². The van der Waals surface area contributed by atoms with E-state index in [-0.39, 0.29) is 61.4 Å². The monoisotopic (exact) mass is 773 g/mol. The molecule has 1 aromatic carbocycles. The molecule has 8 rings (SSSR count). The van der Waals surface area contributed by atoms with Gasteiger partial charge in [0, 0.05) is 18.2 Å². The van der Waals surface area contributed by atoms with Crippen LogP contribution in [0.2, 0.25) is 0 Å². The summed E-state index contributed by atoms with van der Waals surface area (Å²) in [5, 5.41) is 0.352. The molecule has 2 amide bonds. The quantitative estimate of drug-likeness (QED) is 0.239. The summed E-state index contributed by atoms with van der Waals surface area (Å²) in [6.45, 7) is 4.01. The van der Waals surface area contributed by atoms with Crippen LogP contribution in [-0.2, 0) is 40.4 Å². The smallest absolute Gasteiger partial charge is 0.306 e. The Hall–Kier alpha value is -3.80. The molecular weight excluding hydrogens is 719 g/mol. The zero-order valence-electron chi connectivity index (χ0n) is 31.8. The summed E-state index contributed by atoms with van der Waals surface area (Å²) < 4.78 is 40.8. The Balaban J connectivity index is 1.12. The number of hydrogen-bond donors (Lipinski definition) is 1. The number of carbonyl (C=O) groups excluding carboxylic acids is 4. The number of hydrogen-bond acceptors (Lipinski definition) is 9. The molecule has 4 aliphatic carbocycles. The first kappa shape index (κ1) is 38.1. The summed E-state index contributed by atoms with van der Waals surface area (Å²) in [5.41, 5.74) is 0.484. The molecule has 6 aliphatic rings. The van der Waals surface area contributed by atoms with Crippen molar-refractivity contribution in [1.29, 1.82) is 0 Å². The van der Waals surface area contributed by atoms with Crippen molar-refractivity contribution in [2.24, 2.45) is 29.1 Å². The number of esters is 1. The highest BCUT2D eigenvalue weighted by atomic mass is 32.2. The molecule has 1 unspecified atom stereocenters. The number of ketones is 1. The number of amides is 2. The van der Waals surface area contributed by atoms with Gasteiger partial charge in [-0.15, -0.1) is 6.58 Å². The topological polar surface area (TPSA) is 149 Å². The molecule has 296 valence electrons. The van der Waals surface area contributed by atoms with Crippen molar-refractivity contribution in [3.63, 3.8) is 0 Å². The van der Waals surface area contributed by atoms with E-state index < -0.39 is 44.7 Å². The number of Topliss-reactive ketones (excluding diaryl/α,β-unsaturated/α-hetero) is 1. The number of allylic oxidation sites excluding steroid dienone is 1. The number of rotatable bonds is 8. The second-order valence-electron chi connectivity index (χ2n) is 17.3. The molecule has 2 aromatic rings. The lowest BCUT2D eigenvalue weighted by Gasteiger charge is -2.31. The normalized spacial score (nSPS) is 32.1. The maximum atomic E-state index is 14.9. The van der Waals surface area contributed by atoms with Gasteiger partial charge in [0.2, 0.25) is 21.8 Å². The lowest BCUT2D eigenvalue weighted by Crippen LogP contribution is -2.47. The number of ether oxygens (including phenoxy) is 2. The van der Waals surface area contributed by atoms with Crippen LogP contribution in [0.15, 0.2) is 43.0 Å². The van der Waals surface area contributed by atoms with Crippen LogP contribution in [0.1, 0.15) is 115 Å². The fourth-order valence-corrected chi connectivity index (χ4v) is 11.5. The Labute approximate surface area is 324 Å². The minimum absolute atomic E-state index is 0.00430. The van der Waals surface area contributed by atoms with E-state index in [2.05, 4.69) is 11.3 Å². The lowest BCUT2D eigenvalue weighted by molar-refractivity contribution is -0.156. The number of aromatic nitrogens is 1. The fraction of sp³-hybridized carbons (Fsp3) is 0.651. The minimum atomic E-state index is -3.83. The van der Waals surface area contributed by atoms with E-state index in [0.29, 0.717) is 30.9 Å². The molecule has 0 radical (unpaired) electrons. The summed E-state index contributed by atoms with van der Waals surface area (Å²) in [6, 6.07) is 9.02. The molecule has 0 spiro atoms. The largest absolute Gasteiger partial charge is 0.487 e. The van der Waals surface area contributed by atoms with Crippen LogP contribution in [0.25, 0.3) is 10.9 Å². The first-order valence-corrected chi connectivity index (χ1v) is 22.4. The maximum absolute atomic E-state index is 14.9. The van der Waals surface area contributed by atoms with E-state index >= 15 is 0 Å². The van der Waals surface area contributed by atoms with Crippen LogP contribution in [0, 0.1) is 29.1 Å². The second kappa shape index (κ2) is 15.6. The molecular formula is C43H55N3O8S. The number of benzene rings is 1. The van der Waals surface area contributed by atoms with E-state index in [1.54, 1.807) is 11.0 Å². The number of pyridine rings is 1. The van der Waals surface area contributed by atoms with Crippen LogP contribution in [0.3, 0.4) is 0 Å². The van der Waals surface area contributed by atoms with E-state index in [4.69, 9.17) is 14.5 Å². The van der Waals surface area contributed by atoms with Gasteiger partial charge in [-0.1, -0.05) is 50.0 Å². The van der Waals surface area contributed by atoms with Crippen molar-refractivity contribution < 1.29 is 37.1 Å². The van der Waals surface area contributed by atoms with Gasteiger partial charge in [0.25, 0.3) is 0 Å². The number of sulfonamides is 1. The molecule has 2 bridgehead atoms. The Morgan fingerprint density at radius 2 is 1.69 bits per heavy atom. The van der Waals surface area contributed by atoms with Gasteiger partial charge in [-0.2, -0.15) is 0 Å². The average molecular weight is 774 g/mol. The van der Waals surface area contributed by atoms with Gasteiger partial charge in [-0.3, -0.25) is 23.9 Å². The fourth-order valence-electron chi connectivity index (χ4n) is 10.1. The molecule has 12 heteroatoms. The van der Waals surface area contributed by atoms with Crippen molar-refractivity contribution in [2.75, 3.05) is 6.54 Å². The van der Waals surface area contributed by atoms with Gasteiger partial charge in [-0.25, -0.2) is 13.4 Å². The first-order valence-electron chi connectivity index (χ1n) is 20.8. The molecule has 11 nitrogen and oxygen atoms in total. The van der Waals surface area contributed by atoms with Gasteiger partial charge in [0.1, 0.15) is 18.0 Å². The first-order chi connectivity index (χ1) is 26.5. The highest BCUT2D eigenvalue weighted by Gasteiger charge is 2.61. The third-order valence-electron chi connectivity index (χ3n) is 13.6. The van der Waals surface area contributed by atoms with Crippen molar-refractivity contribution in [2.45, 2.75) is 139 Å². The number of para-hydroxylation sites is 1. The number of nitrogens with zero attached hydrogens (tertiary/aromatic N) is 2. The van der Waals surface area contributed by atoms with Crippen molar-refractivity contribution >= 4 is 44.5 Å². The summed E-state index contributed by atoms with van der Waals surface area (Å²) in [4.78, 5) is 63.5. The lowest BCUT2D eigenvalue weighted by atomic mass is 9.86.